The maximum Gasteiger partial charge on any atom is 0.217 e. The van der Waals surface area contributed by atoms with E-state index in [0.29, 0.717) is 6.42 Å². The number of hydrogen-bond donors (Lipinski definition) is 2. The summed E-state index contributed by atoms with van der Waals surface area (Å²) in [7, 11) is 0. The largest absolute Gasteiger partial charge is 0.370 e. The lowest BCUT2D eigenvalue weighted by atomic mass is 9.90. The molecule has 0 aromatic rings. The van der Waals surface area contributed by atoms with Crippen molar-refractivity contribution in [3.63, 3.8) is 0 Å². The molecule has 0 aromatic carbocycles. The molecule has 0 spiro atoms. The fraction of sp³-hybridized carbons (Fsp3) is 0.833. The van der Waals surface area contributed by atoms with Crippen LogP contribution in [0.5, 0.6) is 0 Å². The van der Waals surface area contributed by atoms with Gasteiger partial charge < -0.3 is 11.1 Å². The summed E-state index contributed by atoms with van der Waals surface area (Å²) < 4.78 is 0. The fourth-order valence-corrected chi connectivity index (χ4v) is 1.39. The van der Waals surface area contributed by atoms with Gasteiger partial charge in [0.2, 0.25) is 5.91 Å². The zero-order chi connectivity index (χ0) is 12.4. The zero-order valence-electron chi connectivity index (χ0n) is 10.4. The SMILES string of the molecule is CC(C)(C#N)CCCNCCCCC(N)=O. The molecule has 0 rings (SSSR count). The van der Waals surface area contributed by atoms with Gasteiger partial charge in [-0.25, -0.2) is 0 Å². The number of amides is 1. The molecule has 0 aromatic heterocycles. The molecule has 0 fully saturated rings. The Morgan fingerprint density at radius 2 is 1.94 bits per heavy atom. The van der Waals surface area contributed by atoms with Crippen LogP contribution >= 0.6 is 0 Å². The lowest BCUT2D eigenvalue weighted by Crippen LogP contribution is -2.19. The average Bonchev–Trinajstić information content (AvgIpc) is 2.21. The van der Waals surface area contributed by atoms with E-state index in [1.807, 2.05) is 13.8 Å². The van der Waals surface area contributed by atoms with Crippen LogP contribution in [0.25, 0.3) is 0 Å². The minimum absolute atomic E-state index is 0.215. The highest BCUT2D eigenvalue weighted by Crippen LogP contribution is 2.19. The Hall–Kier alpha value is -1.08. The van der Waals surface area contributed by atoms with Gasteiger partial charge in [-0.2, -0.15) is 5.26 Å². The number of nitrogens with one attached hydrogen (secondary N) is 1. The molecule has 0 saturated heterocycles. The highest BCUT2D eigenvalue weighted by atomic mass is 16.1. The molecule has 4 nitrogen and oxygen atoms in total. The maximum atomic E-state index is 10.4. The van der Waals surface area contributed by atoms with Crippen molar-refractivity contribution in [1.82, 2.24) is 5.32 Å². The molecule has 0 saturated carbocycles. The van der Waals surface area contributed by atoms with Gasteiger partial charge >= 0.3 is 0 Å². The standard InChI is InChI=1S/C12H23N3O/c1-12(2,10-13)7-5-9-15-8-4-3-6-11(14)16/h15H,3-9H2,1-2H3,(H2,14,16). The Balaban J connectivity index is 3.23. The monoisotopic (exact) mass is 225 g/mol. The molecule has 0 unspecified atom stereocenters. The van der Waals surface area contributed by atoms with E-state index in [1.54, 1.807) is 0 Å². The Bertz CT molecular complexity index is 243. The lowest BCUT2D eigenvalue weighted by molar-refractivity contribution is -0.118. The highest BCUT2D eigenvalue weighted by Gasteiger charge is 2.14. The van der Waals surface area contributed by atoms with Gasteiger partial charge in [0, 0.05) is 6.42 Å². The first kappa shape index (κ1) is 14.9. The van der Waals surface area contributed by atoms with Gasteiger partial charge in [-0.3, -0.25) is 4.79 Å². The highest BCUT2D eigenvalue weighted by molar-refractivity contribution is 5.73. The first-order valence-electron chi connectivity index (χ1n) is 5.88. The third-order valence-electron chi connectivity index (χ3n) is 2.48. The first-order chi connectivity index (χ1) is 7.48. The Morgan fingerprint density at radius 1 is 1.31 bits per heavy atom. The minimum Gasteiger partial charge on any atom is -0.370 e. The van der Waals surface area contributed by atoms with Crippen LogP contribution in [0.15, 0.2) is 0 Å². The summed E-state index contributed by atoms with van der Waals surface area (Å²) >= 11 is 0. The molecule has 0 aliphatic heterocycles. The van der Waals surface area contributed by atoms with Crippen molar-refractivity contribution in [3.8, 4) is 6.07 Å². The average molecular weight is 225 g/mol. The smallest absolute Gasteiger partial charge is 0.217 e. The van der Waals surface area contributed by atoms with E-state index in [2.05, 4.69) is 11.4 Å². The van der Waals surface area contributed by atoms with Crippen LogP contribution in [0.1, 0.15) is 46.0 Å². The molecule has 92 valence electrons. The van der Waals surface area contributed by atoms with E-state index in [4.69, 9.17) is 11.0 Å². The predicted octanol–water partition coefficient (Wildman–Crippen LogP) is 1.56. The van der Waals surface area contributed by atoms with Crippen molar-refractivity contribution in [2.75, 3.05) is 13.1 Å². The molecule has 0 aliphatic rings. The summed E-state index contributed by atoms with van der Waals surface area (Å²) in [5.74, 6) is -0.226. The number of primary amides is 1. The fourth-order valence-electron chi connectivity index (χ4n) is 1.39. The molecule has 16 heavy (non-hydrogen) atoms. The van der Waals surface area contributed by atoms with E-state index < -0.39 is 0 Å². The molecule has 0 aliphatic carbocycles. The number of nitrogens with two attached hydrogens (primary N) is 1. The van der Waals surface area contributed by atoms with Gasteiger partial charge in [0.05, 0.1) is 11.5 Å². The minimum atomic E-state index is -0.226. The molecular formula is C12H23N3O. The van der Waals surface area contributed by atoms with Gasteiger partial charge in [-0.05, 0) is 52.6 Å². The predicted molar refractivity (Wildman–Crippen MR) is 64.5 cm³/mol. The van der Waals surface area contributed by atoms with E-state index in [0.717, 1.165) is 38.8 Å². The van der Waals surface area contributed by atoms with Crippen LogP contribution in [0.4, 0.5) is 0 Å². The van der Waals surface area contributed by atoms with E-state index in [9.17, 15) is 4.79 Å². The van der Waals surface area contributed by atoms with Gasteiger partial charge in [0.1, 0.15) is 0 Å². The summed E-state index contributed by atoms with van der Waals surface area (Å²) in [5, 5.41) is 12.1. The normalized spacial score (nSPS) is 11.1. The summed E-state index contributed by atoms with van der Waals surface area (Å²) in [6.45, 7) is 5.77. The molecule has 0 atom stereocenters. The van der Waals surface area contributed by atoms with Crippen molar-refractivity contribution < 1.29 is 4.79 Å². The second-order valence-corrected chi connectivity index (χ2v) is 4.77. The van der Waals surface area contributed by atoms with E-state index >= 15 is 0 Å². The number of hydrogen-bond acceptors (Lipinski definition) is 3. The third kappa shape index (κ3) is 9.47. The van der Waals surface area contributed by atoms with Crippen LogP contribution < -0.4 is 11.1 Å². The summed E-state index contributed by atoms with van der Waals surface area (Å²) in [6, 6.07) is 2.29. The van der Waals surface area contributed by atoms with Crippen LogP contribution in [0, 0.1) is 16.7 Å². The quantitative estimate of drug-likeness (QED) is 0.584. The van der Waals surface area contributed by atoms with Crippen LogP contribution in [0.2, 0.25) is 0 Å². The maximum absolute atomic E-state index is 10.4. The van der Waals surface area contributed by atoms with Crippen LogP contribution in [-0.2, 0) is 4.79 Å². The van der Waals surface area contributed by atoms with Crippen molar-refractivity contribution in [2.24, 2.45) is 11.1 Å². The Morgan fingerprint density at radius 3 is 2.50 bits per heavy atom. The van der Waals surface area contributed by atoms with Crippen molar-refractivity contribution in [3.05, 3.63) is 0 Å². The molecule has 0 heterocycles. The number of nitrogens with zero attached hydrogens (tertiary/aromatic N) is 1. The molecular weight excluding hydrogens is 202 g/mol. The number of unbranched alkanes of at least 4 members (excludes halogenated alkanes) is 1. The molecule has 0 radical (unpaired) electrons. The number of nitriles is 1. The van der Waals surface area contributed by atoms with Crippen LogP contribution in [-0.4, -0.2) is 19.0 Å². The number of carbonyl (C=O) groups is 1. The summed E-state index contributed by atoms with van der Waals surface area (Å²) in [4.78, 5) is 10.4. The van der Waals surface area contributed by atoms with Gasteiger partial charge in [0.15, 0.2) is 0 Å². The molecule has 3 N–H and O–H groups in total. The third-order valence-corrected chi connectivity index (χ3v) is 2.48. The van der Waals surface area contributed by atoms with Crippen LogP contribution in [0.3, 0.4) is 0 Å². The summed E-state index contributed by atoms with van der Waals surface area (Å²) in [6.07, 6.45) is 4.23. The van der Waals surface area contributed by atoms with Crippen molar-refractivity contribution >= 4 is 5.91 Å². The number of rotatable bonds is 9. The number of carbonyl (C=O) groups excluding carboxylic acids is 1. The summed E-state index contributed by atoms with van der Waals surface area (Å²) in [5.41, 5.74) is 4.81. The van der Waals surface area contributed by atoms with Gasteiger partial charge in [-0.1, -0.05) is 0 Å². The lowest BCUT2D eigenvalue weighted by Gasteiger charge is -2.14. The van der Waals surface area contributed by atoms with E-state index in [1.165, 1.54) is 0 Å². The Kier molecular flexibility index (Phi) is 7.57. The van der Waals surface area contributed by atoms with Crippen molar-refractivity contribution in [2.45, 2.75) is 46.0 Å². The molecule has 1 amide bonds. The van der Waals surface area contributed by atoms with Gasteiger partial charge in [0.25, 0.3) is 0 Å². The molecule has 4 heteroatoms. The first-order valence-corrected chi connectivity index (χ1v) is 5.88. The van der Waals surface area contributed by atoms with Crippen molar-refractivity contribution in [1.29, 1.82) is 5.26 Å². The Labute approximate surface area is 98.2 Å². The molecule has 0 bridgehead atoms. The topological polar surface area (TPSA) is 78.9 Å². The zero-order valence-corrected chi connectivity index (χ0v) is 10.4. The van der Waals surface area contributed by atoms with Gasteiger partial charge in [-0.15, -0.1) is 0 Å². The second kappa shape index (κ2) is 8.12. The van der Waals surface area contributed by atoms with E-state index in [-0.39, 0.29) is 11.3 Å². The second-order valence-electron chi connectivity index (χ2n) is 4.77.